The van der Waals surface area contributed by atoms with Gasteiger partial charge in [0.15, 0.2) is 5.79 Å². The zero-order chi connectivity index (χ0) is 12.1. The molecule has 1 unspecified atom stereocenters. The molecule has 2 fully saturated rings. The first kappa shape index (κ1) is 13.7. The summed E-state index contributed by atoms with van der Waals surface area (Å²) < 4.78 is 11.4. The van der Waals surface area contributed by atoms with E-state index < -0.39 is 0 Å². The average molecular weight is 259 g/mol. The van der Waals surface area contributed by atoms with Gasteiger partial charge in [-0.1, -0.05) is 0 Å². The molecule has 0 saturated carbocycles. The summed E-state index contributed by atoms with van der Waals surface area (Å²) >= 11 is 2.08. The van der Waals surface area contributed by atoms with Crippen molar-refractivity contribution in [3.8, 4) is 0 Å². The second-order valence-corrected chi connectivity index (χ2v) is 6.63. The van der Waals surface area contributed by atoms with E-state index in [1.807, 2.05) is 13.8 Å². The first-order chi connectivity index (χ1) is 8.16. The van der Waals surface area contributed by atoms with Crippen LogP contribution in [0.4, 0.5) is 0 Å². The van der Waals surface area contributed by atoms with Gasteiger partial charge in [0, 0.05) is 24.6 Å². The van der Waals surface area contributed by atoms with Crippen LogP contribution in [0.3, 0.4) is 0 Å². The van der Waals surface area contributed by atoms with Gasteiger partial charge in [-0.3, -0.25) is 0 Å². The van der Waals surface area contributed by atoms with Crippen molar-refractivity contribution in [2.75, 3.05) is 37.7 Å². The van der Waals surface area contributed by atoms with Crippen LogP contribution in [0.25, 0.3) is 0 Å². The van der Waals surface area contributed by atoms with E-state index in [0.717, 1.165) is 13.0 Å². The minimum absolute atomic E-state index is 0.321. The molecule has 0 N–H and O–H groups in total. The van der Waals surface area contributed by atoms with E-state index in [4.69, 9.17) is 9.47 Å². The highest BCUT2D eigenvalue weighted by molar-refractivity contribution is 7.99. The minimum Gasteiger partial charge on any atom is -0.348 e. The fourth-order valence-electron chi connectivity index (χ4n) is 2.44. The summed E-state index contributed by atoms with van der Waals surface area (Å²) in [5.41, 5.74) is 0. The molecule has 0 spiro atoms. The summed E-state index contributed by atoms with van der Waals surface area (Å²) in [6.07, 6.45) is 4.02. The van der Waals surface area contributed by atoms with Crippen LogP contribution < -0.4 is 0 Å². The topological polar surface area (TPSA) is 21.7 Å². The molecule has 17 heavy (non-hydrogen) atoms. The minimum atomic E-state index is -0.352. The molecule has 4 heteroatoms. The lowest BCUT2D eigenvalue weighted by Crippen LogP contribution is -2.33. The molecule has 100 valence electrons. The average Bonchev–Trinajstić information content (AvgIpc) is 2.66. The zero-order valence-corrected chi connectivity index (χ0v) is 11.9. The lowest BCUT2D eigenvalue weighted by Gasteiger charge is -2.26. The second-order valence-electron chi connectivity index (χ2n) is 5.40. The standard InChI is InChI=1S/C13H25NO2S/c1-13(2)15-11-12(16-13)5-3-4-6-14-7-9-17-10-8-14/h12H,3-11H2,1-2H3. The molecule has 2 heterocycles. The van der Waals surface area contributed by atoms with E-state index in [1.54, 1.807) is 0 Å². The van der Waals surface area contributed by atoms with E-state index in [0.29, 0.717) is 6.10 Å². The Balaban J connectivity index is 1.51. The molecule has 2 aliphatic heterocycles. The van der Waals surface area contributed by atoms with Gasteiger partial charge in [0.1, 0.15) is 0 Å². The maximum absolute atomic E-state index is 5.80. The second kappa shape index (κ2) is 6.41. The van der Waals surface area contributed by atoms with Gasteiger partial charge in [0.05, 0.1) is 12.7 Å². The SMILES string of the molecule is CC1(C)OCC(CCCCN2CCSCC2)O1. The molecule has 0 aromatic carbocycles. The summed E-state index contributed by atoms with van der Waals surface area (Å²) in [5.74, 6) is 2.27. The number of hydrogen-bond acceptors (Lipinski definition) is 4. The number of unbranched alkanes of at least 4 members (excludes halogenated alkanes) is 1. The molecular weight excluding hydrogens is 234 g/mol. The molecule has 2 saturated heterocycles. The Hall–Kier alpha value is 0.230. The smallest absolute Gasteiger partial charge is 0.163 e. The molecule has 3 nitrogen and oxygen atoms in total. The quantitative estimate of drug-likeness (QED) is 0.707. The molecular formula is C13H25NO2S. The Morgan fingerprint density at radius 3 is 2.65 bits per heavy atom. The van der Waals surface area contributed by atoms with Crippen LogP contribution in [-0.4, -0.2) is 54.5 Å². The summed E-state index contributed by atoms with van der Waals surface area (Å²) in [4.78, 5) is 2.59. The van der Waals surface area contributed by atoms with Crippen LogP contribution in [0.15, 0.2) is 0 Å². The highest BCUT2D eigenvalue weighted by atomic mass is 32.2. The molecule has 2 rings (SSSR count). The van der Waals surface area contributed by atoms with Crippen molar-refractivity contribution in [1.82, 2.24) is 4.90 Å². The summed E-state index contributed by atoms with van der Waals surface area (Å²) in [5, 5.41) is 0. The Morgan fingerprint density at radius 2 is 2.00 bits per heavy atom. The Kier molecular flexibility index (Phi) is 5.15. The summed E-state index contributed by atoms with van der Waals surface area (Å²) in [7, 11) is 0. The molecule has 0 aromatic heterocycles. The first-order valence-corrected chi connectivity index (χ1v) is 7.93. The summed E-state index contributed by atoms with van der Waals surface area (Å²) in [6, 6.07) is 0. The summed E-state index contributed by atoms with van der Waals surface area (Å²) in [6.45, 7) is 8.59. The lowest BCUT2D eigenvalue weighted by molar-refractivity contribution is -0.139. The van der Waals surface area contributed by atoms with Gasteiger partial charge in [-0.25, -0.2) is 0 Å². The van der Waals surface area contributed by atoms with Gasteiger partial charge >= 0.3 is 0 Å². The van der Waals surface area contributed by atoms with Gasteiger partial charge in [-0.15, -0.1) is 0 Å². The van der Waals surface area contributed by atoms with Crippen molar-refractivity contribution < 1.29 is 9.47 Å². The van der Waals surface area contributed by atoms with Crippen LogP contribution in [0.1, 0.15) is 33.1 Å². The fraction of sp³-hybridized carbons (Fsp3) is 1.00. The van der Waals surface area contributed by atoms with Crippen molar-refractivity contribution in [2.24, 2.45) is 0 Å². The van der Waals surface area contributed by atoms with Gasteiger partial charge in [0.2, 0.25) is 0 Å². The van der Waals surface area contributed by atoms with E-state index in [1.165, 1.54) is 44.0 Å². The van der Waals surface area contributed by atoms with E-state index in [9.17, 15) is 0 Å². The van der Waals surface area contributed by atoms with Crippen LogP contribution >= 0.6 is 11.8 Å². The molecule has 0 amide bonds. The fourth-order valence-corrected chi connectivity index (χ4v) is 3.42. The van der Waals surface area contributed by atoms with Gasteiger partial charge in [0.25, 0.3) is 0 Å². The lowest BCUT2D eigenvalue weighted by atomic mass is 10.1. The van der Waals surface area contributed by atoms with E-state index in [2.05, 4.69) is 16.7 Å². The van der Waals surface area contributed by atoms with Crippen molar-refractivity contribution in [3.05, 3.63) is 0 Å². The van der Waals surface area contributed by atoms with Crippen LogP contribution in [0, 0.1) is 0 Å². The van der Waals surface area contributed by atoms with E-state index in [-0.39, 0.29) is 5.79 Å². The van der Waals surface area contributed by atoms with Crippen molar-refractivity contribution in [3.63, 3.8) is 0 Å². The van der Waals surface area contributed by atoms with Crippen LogP contribution in [0.2, 0.25) is 0 Å². The Morgan fingerprint density at radius 1 is 1.24 bits per heavy atom. The van der Waals surface area contributed by atoms with Crippen molar-refractivity contribution >= 4 is 11.8 Å². The molecule has 0 aliphatic carbocycles. The monoisotopic (exact) mass is 259 g/mol. The van der Waals surface area contributed by atoms with Crippen LogP contribution in [-0.2, 0) is 9.47 Å². The predicted molar refractivity (Wildman–Crippen MR) is 72.5 cm³/mol. The predicted octanol–water partition coefficient (Wildman–Crippen LogP) is 2.36. The highest BCUT2D eigenvalue weighted by Gasteiger charge is 2.31. The zero-order valence-electron chi connectivity index (χ0n) is 11.1. The molecule has 0 aromatic rings. The normalized spacial score (nSPS) is 29.6. The maximum atomic E-state index is 5.80. The maximum Gasteiger partial charge on any atom is 0.163 e. The number of thioether (sulfide) groups is 1. The van der Waals surface area contributed by atoms with Gasteiger partial charge in [-0.05, 0) is 39.7 Å². The Labute approximate surface area is 109 Å². The first-order valence-electron chi connectivity index (χ1n) is 6.78. The van der Waals surface area contributed by atoms with Crippen LogP contribution in [0.5, 0.6) is 0 Å². The third-order valence-corrected chi connectivity index (χ3v) is 4.36. The number of ether oxygens (including phenoxy) is 2. The van der Waals surface area contributed by atoms with Gasteiger partial charge in [-0.2, -0.15) is 11.8 Å². The molecule has 0 bridgehead atoms. The molecule has 0 radical (unpaired) electrons. The van der Waals surface area contributed by atoms with Crippen molar-refractivity contribution in [2.45, 2.75) is 45.0 Å². The van der Waals surface area contributed by atoms with Crippen molar-refractivity contribution in [1.29, 1.82) is 0 Å². The molecule has 2 aliphatic rings. The largest absolute Gasteiger partial charge is 0.348 e. The highest BCUT2D eigenvalue weighted by Crippen LogP contribution is 2.25. The number of hydrogen-bond donors (Lipinski definition) is 0. The third kappa shape index (κ3) is 4.78. The Bertz CT molecular complexity index is 229. The molecule has 1 atom stereocenters. The number of rotatable bonds is 5. The third-order valence-electron chi connectivity index (χ3n) is 3.42. The number of nitrogens with zero attached hydrogens (tertiary/aromatic N) is 1. The van der Waals surface area contributed by atoms with E-state index >= 15 is 0 Å². The van der Waals surface area contributed by atoms with Gasteiger partial charge < -0.3 is 14.4 Å².